The van der Waals surface area contributed by atoms with Crippen molar-refractivity contribution in [1.29, 1.82) is 0 Å². The van der Waals surface area contributed by atoms with Crippen LogP contribution in [0.15, 0.2) is 42.5 Å². The van der Waals surface area contributed by atoms with Crippen molar-refractivity contribution in [2.45, 2.75) is 33.1 Å². The molecule has 3 amide bonds. The molecule has 1 saturated carbocycles. The van der Waals surface area contributed by atoms with Crippen molar-refractivity contribution in [2.24, 2.45) is 17.8 Å². The van der Waals surface area contributed by atoms with E-state index in [0.29, 0.717) is 40.7 Å². The number of imide groups is 1. The molecular weight excluding hydrogens is 444 g/mol. The van der Waals surface area contributed by atoms with Crippen molar-refractivity contribution in [3.63, 3.8) is 0 Å². The molecule has 1 saturated heterocycles. The summed E-state index contributed by atoms with van der Waals surface area (Å²) >= 11 is 6.05. The molecule has 172 valence electrons. The van der Waals surface area contributed by atoms with E-state index in [-0.39, 0.29) is 29.2 Å². The predicted molar refractivity (Wildman–Crippen MR) is 124 cm³/mol. The number of nitrogens with one attached hydrogen (secondary N) is 1. The fourth-order valence-electron chi connectivity index (χ4n) is 4.56. The predicted octanol–water partition coefficient (Wildman–Crippen LogP) is 4.37. The number of ether oxygens (including phenoxy) is 1. The van der Waals surface area contributed by atoms with E-state index in [1.54, 1.807) is 37.3 Å². The van der Waals surface area contributed by atoms with E-state index in [2.05, 4.69) is 12.2 Å². The van der Waals surface area contributed by atoms with Crippen LogP contribution in [0, 0.1) is 24.7 Å². The first-order valence-electron chi connectivity index (χ1n) is 11.0. The van der Waals surface area contributed by atoms with Gasteiger partial charge in [0.2, 0.25) is 11.8 Å². The van der Waals surface area contributed by atoms with Gasteiger partial charge in [0.1, 0.15) is 0 Å². The smallest absolute Gasteiger partial charge is 0.338 e. The summed E-state index contributed by atoms with van der Waals surface area (Å²) in [6.07, 6.45) is 2.34. The van der Waals surface area contributed by atoms with Gasteiger partial charge in [-0.15, -0.1) is 0 Å². The molecule has 1 heterocycles. The second-order valence-corrected chi connectivity index (χ2v) is 9.14. The number of esters is 1. The number of carbonyl (C=O) groups is 4. The van der Waals surface area contributed by atoms with E-state index >= 15 is 0 Å². The van der Waals surface area contributed by atoms with Gasteiger partial charge in [0, 0.05) is 10.7 Å². The zero-order chi connectivity index (χ0) is 23.7. The van der Waals surface area contributed by atoms with Gasteiger partial charge in [0.15, 0.2) is 6.61 Å². The third-order valence-corrected chi connectivity index (χ3v) is 6.81. The molecule has 2 aromatic carbocycles. The Kier molecular flexibility index (Phi) is 6.51. The molecule has 33 heavy (non-hydrogen) atoms. The lowest BCUT2D eigenvalue weighted by Crippen LogP contribution is -2.31. The summed E-state index contributed by atoms with van der Waals surface area (Å²) in [5, 5.41) is 3.18. The molecule has 0 aromatic heterocycles. The highest BCUT2D eigenvalue weighted by Gasteiger charge is 2.50. The highest BCUT2D eigenvalue weighted by Crippen LogP contribution is 2.42. The first-order chi connectivity index (χ1) is 15.8. The van der Waals surface area contributed by atoms with Crippen LogP contribution in [-0.4, -0.2) is 30.3 Å². The number of halogens is 1. The Balaban J connectivity index is 1.42. The molecule has 4 rings (SSSR count). The molecule has 7 nitrogen and oxygen atoms in total. The van der Waals surface area contributed by atoms with E-state index in [1.165, 1.54) is 17.0 Å². The van der Waals surface area contributed by atoms with Gasteiger partial charge in [-0.3, -0.25) is 19.3 Å². The third kappa shape index (κ3) is 4.64. The van der Waals surface area contributed by atoms with E-state index in [1.807, 2.05) is 0 Å². The Bertz CT molecular complexity index is 1130. The summed E-state index contributed by atoms with van der Waals surface area (Å²) < 4.78 is 5.14. The Morgan fingerprint density at radius 3 is 2.61 bits per heavy atom. The standard InChI is InChI=1S/C25H25ClN2O5/c1-14-9-10-18-19(11-14)24(31)28(23(18)30)17-6-3-5-16(12-17)25(32)33-13-22(29)27-21-8-4-7-20(26)15(21)2/h3-8,12,14,18-19H,9-11,13H2,1-2H3,(H,27,29)/t14-,18-,19-/m1/s1. The highest BCUT2D eigenvalue weighted by molar-refractivity contribution is 6.31. The topological polar surface area (TPSA) is 92.8 Å². The van der Waals surface area contributed by atoms with Crippen LogP contribution in [-0.2, 0) is 19.1 Å². The van der Waals surface area contributed by atoms with Gasteiger partial charge in [0.25, 0.3) is 5.91 Å². The fraction of sp³-hybridized carbons (Fsp3) is 0.360. The molecule has 2 aliphatic rings. The minimum atomic E-state index is -0.722. The van der Waals surface area contributed by atoms with Crippen LogP contribution in [0.3, 0.4) is 0 Å². The van der Waals surface area contributed by atoms with E-state index < -0.39 is 18.5 Å². The molecule has 1 aliphatic heterocycles. The zero-order valence-corrected chi connectivity index (χ0v) is 19.2. The highest BCUT2D eigenvalue weighted by atomic mass is 35.5. The minimum Gasteiger partial charge on any atom is -0.452 e. The van der Waals surface area contributed by atoms with Crippen LogP contribution in [0.2, 0.25) is 5.02 Å². The maximum absolute atomic E-state index is 12.9. The molecular formula is C25H25ClN2O5. The number of rotatable bonds is 5. The molecule has 0 bridgehead atoms. The fourth-order valence-corrected chi connectivity index (χ4v) is 4.73. The lowest BCUT2D eigenvalue weighted by Gasteiger charge is -2.25. The molecule has 0 spiro atoms. The number of amides is 3. The molecule has 0 radical (unpaired) electrons. The number of benzene rings is 2. The monoisotopic (exact) mass is 468 g/mol. The molecule has 3 atom stereocenters. The Morgan fingerprint density at radius 1 is 1.09 bits per heavy atom. The number of anilines is 2. The van der Waals surface area contributed by atoms with Crippen molar-refractivity contribution >= 4 is 46.7 Å². The van der Waals surface area contributed by atoms with Gasteiger partial charge in [-0.25, -0.2) is 4.79 Å². The summed E-state index contributed by atoms with van der Waals surface area (Å²) in [7, 11) is 0. The normalized spacial score (nSPS) is 22.2. The first kappa shape index (κ1) is 23.0. The van der Waals surface area contributed by atoms with E-state index in [9.17, 15) is 19.2 Å². The maximum atomic E-state index is 12.9. The average Bonchev–Trinajstić information content (AvgIpc) is 3.04. The van der Waals surface area contributed by atoms with Crippen molar-refractivity contribution < 1.29 is 23.9 Å². The van der Waals surface area contributed by atoms with Crippen LogP contribution < -0.4 is 10.2 Å². The lowest BCUT2D eigenvalue weighted by atomic mass is 9.76. The quantitative estimate of drug-likeness (QED) is 0.519. The minimum absolute atomic E-state index is 0.156. The Hall–Kier alpha value is -3.19. The molecule has 2 fully saturated rings. The SMILES string of the molecule is Cc1c(Cl)cccc1NC(=O)COC(=O)c1cccc(N2C(=O)[C@@H]3CC[C@@H](C)C[C@H]3C2=O)c1. The summed E-state index contributed by atoms with van der Waals surface area (Å²) in [6.45, 7) is 3.38. The van der Waals surface area contributed by atoms with Gasteiger partial charge in [-0.2, -0.15) is 0 Å². The van der Waals surface area contributed by atoms with Gasteiger partial charge >= 0.3 is 5.97 Å². The first-order valence-corrected chi connectivity index (χ1v) is 11.3. The van der Waals surface area contributed by atoms with Crippen LogP contribution in [0.1, 0.15) is 42.1 Å². The van der Waals surface area contributed by atoms with Gasteiger partial charge in [-0.05, 0) is 68.0 Å². The van der Waals surface area contributed by atoms with E-state index in [0.717, 1.165) is 6.42 Å². The third-order valence-electron chi connectivity index (χ3n) is 6.40. The molecule has 1 aliphatic carbocycles. The molecule has 1 N–H and O–H groups in total. The Morgan fingerprint density at radius 2 is 1.82 bits per heavy atom. The number of hydrogen-bond donors (Lipinski definition) is 1. The Labute approximate surface area is 197 Å². The van der Waals surface area contributed by atoms with Gasteiger partial charge < -0.3 is 10.1 Å². The maximum Gasteiger partial charge on any atom is 0.338 e. The van der Waals surface area contributed by atoms with E-state index in [4.69, 9.17) is 16.3 Å². The average molecular weight is 469 g/mol. The molecule has 2 aromatic rings. The van der Waals surface area contributed by atoms with Crippen molar-refractivity contribution in [3.8, 4) is 0 Å². The second kappa shape index (κ2) is 9.35. The van der Waals surface area contributed by atoms with Crippen molar-refractivity contribution in [1.82, 2.24) is 0 Å². The number of hydrogen-bond acceptors (Lipinski definition) is 5. The van der Waals surface area contributed by atoms with Crippen LogP contribution >= 0.6 is 11.6 Å². The summed E-state index contributed by atoms with van der Waals surface area (Å²) in [4.78, 5) is 51.8. The number of nitrogens with zero attached hydrogens (tertiary/aromatic N) is 1. The summed E-state index contributed by atoms with van der Waals surface area (Å²) in [6, 6.07) is 11.3. The zero-order valence-electron chi connectivity index (χ0n) is 18.5. The summed E-state index contributed by atoms with van der Waals surface area (Å²) in [5.41, 5.74) is 1.75. The second-order valence-electron chi connectivity index (χ2n) is 8.73. The van der Waals surface area contributed by atoms with Gasteiger partial charge in [-0.1, -0.05) is 30.7 Å². The van der Waals surface area contributed by atoms with Crippen LogP contribution in [0.4, 0.5) is 11.4 Å². The van der Waals surface area contributed by atoms with Gasteiger partial charge in [0.05, 0.1) is 23.1 Å². The molecule has 0 unspecified atom stereocenters. The largest absolute Gasteiger partial charge is 0.452 e. The van der Waals surface area contributed by atoms with Crippen molar-refractivity contribution in [2.75, 3.05) is 16.8 Å². The molecule has 8 heteroatoms. The van der Waals surface area contributed by atoms with Crippen molar-refractivity contribution in [3.05, 3.63) is 58.6 Å². The number of fused-ring (bicyclic) bond motifs is 1. The number of carbonyl (C=O) groups excluding carboxylic acids is 4. The van der Waals surface area contributed by atoms with Crippen LogP contribution in [0.5, 0.6) is 0 Å². The lowest BCUT2D eigenvalue weighted by molar-refractivity contribution is -0.122. The van der Waals surface area contributed by atoms with Crippen LogP contribution in [0.25, 0.3) is 0 Å². The summed E-state index contributed by atoms with van der Waals surface area (Å²) in [5.74, 6) is -1.82.